The molecule has 86 valence electrons. The first kappa shape index (κ1) is 11.8. The van der Waals surface area contributed by atoms with E-state index in [4.69, 9.17) is 0 Å². The Labute approximate surface area is 90.0 Å². The lowest BCUT2D eigenvalue weighted by molar-refractivity contribution is -0.120. The summed E-state index contributed by atoms with van der Waals surface area (Å²) in [5, 5.41) is 8.01. The molecule has 1 saturated carbocycles. The van der Waals surface area contributed by atoms with Crippen LogP contribution in [0.2, 0.25) is 0 Å². The number of carbonyl (C=O) groups is 2. The minimum atomic E-state index is -0.312. The Balaban J connectivity index is 2.12. The molecule has 0 saturated heterocycles. The monoisotopic (exact) mass is 213 g/mol. The highest BCUT2D eigenvalue weighted by Gasteiger charge is 2.23. The largest absolute Gasteiger partial charge is 0.352 e. The second-order valence-electron chi connectivity index (χ2n) is 4.90. The number of hydrogen-bond acceptors (Lipinski definition) is 2. The maximum absolute atomic E-state index is 11.3. The quantitative estimate of drug-likeness (QED) is 0.633. The third-order valence-electron chi connectivity index (χ3n) is 1.84. The summed E-state index contributed by atoms with van der Waals surface area (Å²) in [6.45, 7) is 5.70. The Morgan fingerprint density at radius 2 is 1.87 bits per heavy atom. The van der Waals surface area contributed by atoms with Crippen LogP contribution in [0, 0.1) is 0 Å². The Bertz CT molecular complexity index is 254. The molecule has 0 aromatic heterocycles. The summed E-state index contributed by atoms with van der Waals surface area (Å²) >= 11 is 0. The van der Waals surface area contributed by atoms with Gasteiger partial charge in [0.05, 0.1) is 6.54 Å². The topological polar surface area (TPSA) is 70.2 Å². The third kappa shape index (κ3) is 5.93. The van der Waals surface area contributed by atoms with Crippen LogP contribution in [0.1, 0.15) is 33.6 Å². The average Bonchev–Trinajstić information content (AvgIpc) is 2.81. The van der Waals surface area contributed by atoms with Crippen LogP contribution in [0.4, 0.5) is 4.79 Å². The van der Waals surface area contributed by atoms with Crippen molar-refractivity contribution in [1.82, 2.24) is 16.0 Å². The van der Waals surface area contributed by atoms with Gasteiger partial charge in [-0.05, 0) is 33.6 Å². The second-order valence-corrected chi connectivity index (χ2v) is 4.90. The molecule has 15 heavy (non-hydrogen) atoms. The highest BCUT2D eigenvalue weighted by Crippen LogP contribution is 2.18. The van der Waals surface area contributed by atoms with E-state index >= 15 is 0 Å². The molecule has 3 amide bonds. The zero-order valence-corrected chi connectivity index (χ0v) is 9.52. The molecule has 3 N–H and O–H groups in total. The van der Waals surface area contributed by atoms with Crippen molar-refractivity contribution in [2.24, 2.45) is 0 Å². The van der Waals surface area contributed by atoms with E-state index in [0.717, 1.165) is 12.8 Å². The van der Waals surface area contributed by atoms with Gasteiger partial charge >= 0.3 is 6.03 Å². The van der Waals surface area contributed by atoms with Crippen molar-refractivity contribution in [1.29, 1.82) is 0 Å². The van der Waals surface area contributed by atoms with Crippen molar-refractivity contribution in [3.8, 4) is 0 Å². The lowest BCUT2D eigenvalue weighted by Crippen LogP contribution is -2.49. The van der Waals surface area contributed by atoms with Gasteiger partial charge in [0, 0.05) is 11.6 Å². The maximum atomic E-state index is 11.3. The first-order valence-corrected chi connectivity index (χ1v) is 5.22. The van der Waals surface area contributed by atoms with Gasteiger partial charge in [-0.3, -0.25) is 4.79 Å². The lowest BCUT2D eigenvalue weighted by Gasteiger charge is -2.20. The Hall–Kier alpha value is -1.26. The molecule has 0 spiro atoms. The SMILES string of the molecule is CC(C)(C)NC(=O)NCC(=O)NC1CC1. The van der Waals surface area contributed by atoms with Crippen molar-refractivity contribution < 1.29 is 9.59 Å². The van der Waals surface area contributed by atoms with E-state index < -0.39 is 0 Å². The number of hydrogen-bond donors (Lipinski definition) is 3. The smallest absolute Gasteiger partial charge is 0.315 e. The summed E-state index contributed by atoms with van der Waals surface area (Å²) in [5.41, 5.74) is -0.281. The molecule has 1 aliphatic carbocycles. The van der Waals surface area contributed by atoms with E-state index in [2.05, 4.69) is 16.0 Å². The lowest BCUT2D eigenvalue weighted by atomic mass is 10.1. The minimum absolute atomic E-state index is 0.0401. The van der Waals surface area contributed by atoms with Crippen LogP contribution in [0.5, 0.6) is 0 Å². The van der Waals surface area contributed by atoms with Crippen LogP contribution in [0.25, 0.3) is 0 Å². The van der Waals surface area contributed by atoms with Gasteiger partial charge in [-0.15, -0.1) is 0 Å². The number of rotatable bonds is 3. The van der Waals surface area contributed by atoms with Crippen molar-refractivity contribution >= 4 is 11.9 Å². The molecule has 0 aromatic carbocycles. The Morgan fingerprint density at radius 1 is 1.27 bits per heavy atom. The second kappa shape index (κ2) is 4.51. The molecule has 0 radical (unpaired) electrons. The van der Waals surface area contributed by atoms with Gasteiger partial charge in [0.1, 0.15) is 0 Å². The molecule has 1 fully saturated rings. The fraction of sp³-hybridized carbons (Fsp3) is 0.800. The fourth-order valence-corrected chi connectivity index (χ4v) is 1.05. The number of nitrogens with one attached hydrogen (secondary N) is 3. The molecule has 0 atom stereocenters. The zero-order chi connectivity index (χ0) is 11.5. The molecule has 5 nitrogen and oxygen atoms in total. The fourth-order valence-electron chi connectivity index (χ4n) is 1.05. The highest BCUT2D eigenvalue weighted by molar-refractivity contribution is 5.84. The number of urea groups is 1. The van der Waals surface area contributed by atoms with E-state index in [-0.39, 0.29) is 24.0 Å². The predicted octanol–water partition coefficient (Wildman–Crippen LogP) is 0.363. The van der Waals surface area contributed by atoms with Gasteiger partial charge in [0.15, 0.2) is 0 Å². The molecule has 1 aliphatic rings. The summed E-state index contributed by atoms with van der Waals surface area (Å²) in [6.07, 6.45) is 2.11. The van der Waals surface area contributed by atoms with Crippen LogP contribution in [0.15, 0.2) is 0 Å². The molecule has 5 heteroatoms. The van der Waals surface area contributed by atoms with Crippen molar-refractivity contribution in [2.75, 3.05) is 6.54 Å². The summed E-state index contributed by atoms with van der Waals surface area (Å²) in [6, 6.07) is 0.0263. The maximum Gasteiger partial charge on any atom is 0.315 e. The third-order valence-corrected chi connectivity index (χ3v) is 1.84. The molecule has 0 bridgehead atoms. The van der Waals surface area contributed by atoms with Crippen LogP contribution in [-0.2, 0) is 4.79 Å². The van der Waals surface area contributed by atoms with E-state index in [1.165, 1.54) is 0 Å². The zero-order valence-electron chi connectivity index (χ0n) is 9.52. The average molecular weight is 213 g/mol. The van der Waals surface area contributed by atoms with E-state index in [1.54, 1.807) is 0 Å². The molecule has 0 aliphatic heterocycles. The van der Waals surface area contributed by atoms with Gasteiger partial charge < -0.3 is 16.0 Å². The van der Waals surface area contributed by atoms with E-state index in [9.17, 15) is 9.59 Å². The standard InChI is InChI=1S/C10H19N3O2/c1-10(2,3)13-9(15)11-6-8(14)12-7-4-5-7/h7H,4-6H2,1-3H3,(H,12,14)(H2,11,13,15). The first-order chi connectivity index (χ1) is 6.87. The van der Waals surface area contributed by atoms with Gasteiger partial charge in [0.2, 0.25) is 5.91 Å². The first-order valence-electron chi connectivity index (χ1n) is 5.22. The van der Waals surface area contributed by atoms with Gasteiger partial charge in [-0.1, -0.05) is 0 Å². The molecule has 0 unspecified atom stereocenters. The summed E-state index contributed by atoms with van der Waals surface area (Å²) in [7, 11) is 0. The van der Waals surface area contributed by atoms with Gasteiger partial charge in [0.25, 0.3) is 0 Å². The van der Waals surface area contributed by atoms with Crippen LogP contribution >= 0.6 is 0 Å². The number of carbonyl (C=O) groups excluding carboxylic acids is 2. The van der Waals surface area contributed by atoms with Crippen molar-refractivity contribution in [2.45, 2.75) is 45.2 Å². The van der Waals surface area contributed by atoms with Gasteiger partial charge in [-0.2, -0.15) is 0 Å². The van der Waals surface area contributed by atoms with Crippen molar-refractivity contribution in [3.05, 3.63) is 0 Å². The van der Waals surface area contributed by atoms with Crippen LogP contribution in [-0.4, -0.2) is 30.1 Å². The van der Waals surface area contributed by atoms with Gasteiger partial charge in [-0.25, -0.2) is 4.79 Å². The Morgan fingerprint density at radius 3 is 2.33 bits per heavy atom. The summed E-state index contributed by atoms with van der Waals surface area (Å²) < 4.78 is 0. The van der Waals surface area contributed by atoms with E-state index in [0.29, 0.717) is 6.04 Å². The number of amides is 3. The molecule has 0 heterocycles. The normalized spacial score (nSPS) is 15.7. The molecule has 0 aromatic rings. The predicted molar refractivity (Wildman–Crippen MR) is 57.5 cm³/mol. The van der Waals surface area contributed by atoms with Crippen molar-refractivity contribution in [3.63, 3.8) is 0 Å². The van der Waals surface area contributed by atoms with Crippen LogP contribution in [0.3, 0.4) is 0 Å². The molecular formula is C10H19N3O2. The summed E-state index contributed by atoms with van der Waals surface area (Å²) in [5.74, 6) is -0.124. The molecule has 1 rings (SSSR count). The van der Waals surface area contributed by atoms with Crippen LogP contribution < -0.4 is 16.0 Å². The van der Waals surface area contributed by atoms with E-state index in [1.807, 2.05) is 20.8 Å². The highest BCUT2D eigenvalue weighted by atomic mass is 16.2. The molecular weight excluding hydrogens is 194 g/mol. The Kier molecular flexibility index (Phi) is 3.55. The minimum Gasteiger partial charge on any atom is -0.352 e. The summed E-state index contributed by atoms with van der Waals surface area (Å²) in [4.78, 5) is 22.5.